The van der Waals surface area contributed by atoms with E-state index < -0.39 is 28.5 Å². The topological polar surface area (TPSA) is 96.0 Å². The highest BCUT2D eigenvalue weighted by molar-refractivity contribution is 7.92. The molecule has 11 heteroatoms. The van der Waals surface area contributed by atoms with Crippen molar-refractivity contribution in [3.63, 3.8) is 0 Å². The summed E-state index contributed by atoms with van der Waals surface area (Å²) in [6.45, 7) is 5.58. The van der Waals surface area contributed by atoms with Gasteiger partial charge in [-0.05, 0) is 92.1 Å². The van der Waals surface area contributed by atoms with Gasteiger partial charge >= 0.3 is 0 Å². The van der Waals surface area contributed by atoms with Gasteiger partial charge in [0.25, 0.3) is 10.0 Å². The molecule has 4 aromatic rings. The fraction of sp³-hybridized carbons (Fsp3) is 0.278. The molecule has 0 aromatic heterocycles. The Morgan fingerprint density at radius 2 is 1.49 bits per heavy atom. The van der Waals surface area contributed by atoms with E-state index >= 15 is 0 Å². The van der Waals surface area contributed by atoms with Crippen molar-refractivity contribution in [1.82, 2.24) is 10.2 Å². The van der Waals surface area contributed by atoms with Crippen LogP contribution in [0.2, 0.25) is 10.0 Å². The molecule has 0 spiro atoms. The third-order valence-electron chi connectivity index (χ3n) is 7.63. The Morgan fingerprint density at radius 1 is 0.830 bits per heavy atom. The smallest absolute Gasteiger partial charge is 0.264 e. The second kappa shape index (κ2) is 16.7. The first kappa shape index (κ1) is 35.8. The van der Waals surface area contributed by atoms with E-state index in [4.69, 9.17) is 27.9 Å². The SMILES string of the molecule is CCOc1ccc(N(CC(=O)N(Cc2cccc(Cl)c2)[C@@H](Cc2ccccc2)C(=O)N[C@H](C)CC)S(=O)(=O)c2ccc(Cl)cc2)cc1. The van der Waals surface area contributed by atoms with E-state index in [9.17, 15) is 18.0 Å². The molecule has 1 N–H and O–H groups in total. The Hall–Kier alpha value is -4.05. The maximum Gasteiger partial charge on any atom is 0.264 e. The molecule has 0 unspecified atom stereocenters. The Bertz CT molecular complexity index is 1740. The molecule has 0 saturated heterocycles. The number of nitrogens with one attached hydrogen (secondary N) is 1. The highest BCUT2D eigenvalue weighted by Gasteiger charge is 2.35. The fourth-order valence-corrected chi connectivity index (χ4v) is 6.72. The molecule has 0 aliphatic carbocycles. The molecule has 0 aliphatic rings. The number of carbonyl (C=O) groups is 2. The third kappa shape index (κ3) is 9.73. The van der Waals surface area contributed by atoms with Gasteiger partial charge in [0.1, 0.15) is 18.3 Å². The second-order valence-corrected chi connectivity index (χ2v) is 13.8. The van der Waals surface area contributed by atoms with Crippen molar-refractivity contribution < 1.29 is 22.7 Å². The number of nitrogens with zero attached hydrogens (tertiary/aromatic N) is 2. The standard InChI is InChI=1S/C36H39Cl2N3O5S/c1-4-26(3)39-36(43)34(23-27-10-7-6-8-11-27)40(24-28-12-9-13-30(38)22-28)35(42)25-41(31-16-18-32(19-17-31)46-5-2)47(44,45)33-20-14-29(37)15-21-33/h6-22,26,34H,4-5,23-25H2,1-3H3,(H,39,43)/t26-,34+/m1/s1. The number of rotatable bonds is 15. The van der Waals surface area contributed by atoms with E-state index in [0.717, 1.165) is 9.87 Å². The van der Waals surface area contributed by atoms with E-state index in [-0.39, 0.29) is 35.5 Å². The van der Waals surface area contributed by atoms with Crippen LogP contribution in [0.15, 0.2) is 108 Å². The van der Waals surface area contributed by atoms with Gasteiger partial charge < -0.3 is 15.0 Å². The summed E-state index contributed by atoms with van der Waals surface area (Å²) >= 11 is 12.4. The molecule has 0 fully saturated rings. The number of hydrogen-bond donors (Lipinski definition) is 1. The lowest BCUT2D eigenvalue weighted by atomic mass is 10.0. The van der Waals surface area contributed by atoms with Crippen LogP contribution in [-0.2, 0) is 32.6 Å². The van der Waals surface area contributed by atoms with Crippen molar-refractivity contribution >= 4 is 50.7 Å². The van der Waals surface area contributed by atoms with Crippen LogP contribution in [0, 0.1) is 0 Å². The molecule has 8 nitrogen and oxygen atoms in total. The van der Waals surface area contributed by atoms with Crippen LogP contribution in [-0.4, -0.2) is 50.4 Å². The van der Waals surface area contributed by atoms with Gasteiger partial charge in [0.05, 0.1) is 17.2 Å². The van der Waals surface area contributed by atoms with Gasteiger partial charge in [-0.25, -0.2) is 8.42 Å². The van der Waals surface area contributed by atoms with Crippen LogP contribution in [0.4, 0.5) is 5.69 Å². The Morgan fingerprint density at radius 3 is 2.11 bits per heavy atom. The van der Waals surface area contributed by atoms with Gasteiger partial charge in [-0.2, -0.15) is 0 Å². The first-order valence-electron chi connectivity index (χ1n) is 15.4. The van der Waals surface area contributed by atoms with Crippen molar-refractivity contribution in [3.8, 4) is 5.75 Å². The molecule has 4 aromatic carbocycles. The lowest BCUT2D eigenvalue weighted by Gasteiger charge is -2.34. The molecule has 0 saturated carbocycles. The first-order chi connectivity index (χ1) is 22.5. The van der Waals surface area contributed by atoms with Crippen LogP contribution in [0.25, 0.3) is 0 Å². The van der Waals surface area contributed by atoms with Gasteiger partial charge in [0.15, 0.2) is 0 Å². The number of benzene rings is 4. The molecule has 0 heterocycles. The van der Waals surface area contributed by atoms with Crippen LogP contribution in [0.5, 0.6) is 5.75 Å². The summed E-state index contributed by atoms with van der Waals surface area (Å²) in [5.41, 5.74) is 1.79. The zero-order valence-electron chi connectivity index (χ0n) is 26.6. The maximum atomic E-state index is 14.6. The minimum atomic E-state index is -4.27. The van der Waals surface area contributed by atoms with Crippen molar-refractivity contribution in [2.75, 3.05) is 17.5 Å². The van der Waals surface area contributed by atoms with Crippen molar-refractivity contribution in [2.45, 2.75) is 57.1 Å². The zero-order chi connectivity index (χ0) is 34.0. The summed E-state index contributed by atoms with van der Waals surface area (Å²) in [7, 11) is -4.27. The van der Waals surface area contributed by atoms with Gasteiger partial charge in [0.2, 0.25) is 11.8 Å². The van der Waals surface area contributed by atoms with Crippen molar-refractivity contribution in [2.24, 2.45) is 0 Å². The fourth-order valence-electron chi connectivity index (χ4n) is 4.96. The van der Waals surface area contributed by atoms with E-state index in [1.807, 2.05) is 57.2 Å². The molecule has 248 valence electrons. The third-order valence-corrected chi connectivity index (χ3v) is 9.91. The van der Waals surface area contributed by atoms with E-state index in [1.54, 1.807) is 42.5 Å². The van der Waals surface area contributed by atoms with Gasteiger partial charge in [-0.15, -0.1) is 0 Å². The number of anilines is 1. The lowest BCUT2D eigenvalue weighted by molar-refractivity contribution is -0.140. The predicted molar refractivity (Wildman–Crippen MR) is 187 cm³/mol. The second-order valence-electron chi connectivity index (χ2n) is 11.1. The van der Waals surface area contributed by atoms with E-state index in [0.29, 0.717) is 34.4 Å². The summed E-state index contributed by atoms with van der Waals surface area (Å²) in [4.78, 5) is 29.9. The zero-order valence-corrected chi connectivity index (χ0v) is 28.9. The number of halogens is 2. The summed E-state index contributed by atoms with van der Waals surface area (Å²) in [6.07, 6.45) is 0.902. The number of sulfonamides is 1. The molecular formula is C36H39Cl2N3O5S. The Balaban J connectivity index is 1.81. The van der Waals surface area contributed by atoms with Crippen LogP contribution < -0.4 is 14.4 Å². The van der Waals surface area contributed by atoms with Crippen molar-refractivity contribution in [3.05, 3.63) is 124 Å². The number of ether oxygens (including phenoxy) is 1. The molecule has 0 bridgehead atoms. The molecule has 0 radical (unpaired) electrons. The normalized spacial score (nSPS) is 12.5. The predicted octanol–water partition coefficient (Wildman–Crippen LogP) is 7.14. The molecule has 0 aliphatic heterocycles. The number of hydrogen-bond acceptors (Lipinski definition) is 5. The molecular weight excluding hydrogens is 657 g/mol. The molecule has 4 rings (SSSR count). The highest BCUT2D eigenvalue weighted by Crippen LogP contribution is 2.28. The van der Waals surface area contributed by atoms with E-state index in [1.165, 1.54) is 29.2 Å². The molecule has 2 amide bonds. The monoisotopic (exact) mass is 695 g/mol. The van der Waals surface area contributed by atoms with Crippen LogP contribution in [0.1, 0.15) is 38.3 Å². The quantitative estimate of drug-likeness (QED) is 0.143. The summed E-state index contributed by atoms with van der Waals surface area (Å²) in [6, 6.07) is 27.5. The maximum absolute atomic E-state index is 14.6. The average molecular weight is 697 g/mol. The lowest BCUT2D eigenvalue weighted by Crippen LogP contribution is -2.54. The summed E-state index contributed by atoms with van der Waals surface area (Å²) < 4.78 is 35.0. The van der Waals surface area contributed by atoms with Crippen molar-refractivity contribution in [1.29, 1.82) is 0 Å². The van der Waals surface area contributed by atoms with E-state index in [2.05, 4.69) is 5.32 Å². The first-order valence-corrected chi connectivity index (χ1v) is 17.6. The minimum Gasteiger partial charge on any atom is -0.494 e. The molecule has 47 heavy (non-hydrogen) atoms. The Labute approximate surface area is 287 Å². The highest BCUT2D eigenvalue weighted by atomic mass is 35.5. The Kier molecular flexibility index (Phi) is 12.7. The number of amides is 2. The summed E-state index contributed by atoms with van der Waals surface area (Å²) in [5.74, 6) is -0.359. The van der Waals surface area contributed by atoms with Crippen LogP contribution in [0.3, 0.4) is 0 Å². The largest absolute Gasteiger partial charge is 0.494 e. The van der Waals surface area contributed by atoms with Gasteiger partial charge in [0, 0.05) is 29.1 Å². The minimum absolute atomic E-state index is 0.0168. The molecule has 2 atom stereocenters. The average Bonchev–Trinajstić information content (AvgIpc) is 3.06. The number of carbonyl (C=O) groups excluding carboxylic acids is 2. The van der Waals surface area contributed by atoms with Crippen LogP contribution >= 0.6 is 23.2 Å². The summed E-state index contributed by atoms with van der Waals surface area (Å²) in [5, 5.41) is 3.87. The van der Waals surface area contributed by atoms with Gasteiger partial charge in [-0.1, -0.05) is 72.6 Å². The van der Waals surface area contributed by atoms with Gasteiger partial charge in [-0.3, -0.25) is 13.9 Å².